The minimum absolute atomic E-state index is 0.115. The highest BCUT2D eigenvalue weighted by Crippen LogP contribution is 2.24. The lowest BCUT2D eigenvalue weighted by atomic mass is 10.1. The van der Waals surface area contributed by atoms with Crippen LogP contribution in [0.25, 0.3) is 0 Å². The number of hydrogen-bond donors (Lipinski definition) is 2. The Hall–Kier alpha value is -1.20. The molecular formula is C15H16BrNO2S. The van der Waals surface area contributed by atoms with E-state index in [2.05, 4.69) is 33.9 Å². The van der Waals surface area contributed by atoms with Crippen LogP contribution >= 0.6 is 28.6 Å². The van der Waals surface area contributed by atoms with Crippen molar-refractivity contribution >= 4 is 34.5 Å². The first kappa shape index (κ1) is 15.2. The lowest BCUT2D eigenvalue weighted by molar-refractivity contribution is 0.0938. The van der Waals surface area contributed by atoms with E-state index in [9.17, 15) is 4.79 Å². The number of thiol groups is 1. The first-order chi connectivity index (χ1) is 9.38. The molecule has 1 aromatic carbocycles. The summed E-state index contributed by atoms with van der Waals surface area (Å²) >= 11 is 7.64. The molecule has 0 aliphatic carbocycles. The van der Waals surface area contributed by atoms with Crippen LogP contribution in [0.3, 0.4) is 0 Å². The second-order valence-corrected chi connectivity index (χ2v) is 6.10. The molecule has 1 unspecified atom stereocenters. The zero-order valence-electron chi connectivity index (χ0n) is 11.5. The van der Waals surface area contributed by atoms with Gasteiger partial charge in [-0.15, -0.1) is 12.6 Å². The van der Waals surface area contributed by atoms with Gasteiger partial charge >= 0.3 is 0 Å². The van der Waals surface area contributed by atoms with Crippen molar-refractivity contribution in [2.24, 2.45) is 0 Å². The van der Waals surface area contributed by atoms with Crippen LogP contribution in [0.4, 0.5) is 0 Å². The van der Waals surface area contributed by atoms with Gasteiger partial charge in [0.15, 0.2) is 0 Å². The van der Waals surface area contributed by atoms with Crippen molar-refractivity contribution < 1.29 is 9.21 Å². The number of hydrogen-bond acceptors (Lipinski definition) is 3. The molecule has 0 saturated carbocycles. The minimum atomic E-state index is -0.140. The number of aryl methyl sites for hydroxylation is 2. The summed E-state index contributed by atoms with van der Waals surface area (Å²) in [6.07, 6.45) is 0. The first-order valence-corrected chi connectivity index (χ1v) is 7.49. The Labute approximate surface area is 132 Å². The topological polar surface area (TPSA) is 42.2 Å². The first-order valence-electron chi connectivity index (χ1n) is 6.25. The average molecular weight is 354 g/mol. The molecule has 2 rings (SSSR count). The maximum Gasteiger partial charge on any atom is 0.252 e. The van der Waals surface area contributed by atoms with Crippen molar-refractivity contribution in [2.45, 2.75) is 31.7 Å². The van der Waals surface area contributed by atoms with Gasteiger partial charge in [-0.3, -0.25) is 4.79 Å². The number of carbonyl (C=O) groups excluding carboxylic acids is 1. The Morgan fingerprint density at radius 3 is 2.65 bits per heavy atom. The Bertz CT molecular complexity index is 651. The minimum Gasteiger partial charge on any atom is -0.466 e. The molecule has 2 aromatic rings. The van der Waals surface area contributed by atoms with Crippen molar-refractivity contribution in [1.29, 1.82) is 0 Å². The van der Waals surface area contributed by atoms with Crippen molar-refractivity contribution in [2.75, 3.05) is 0 Å². The van der Waals surface area contributed by atoms with Crippen LogP contribution in [0.2, 0.25) is 0 Å². The van der Waals surface area contributed by atoms with Gasteiger partial charge < -0.3 is 9.73 Å². The van der Waals surface area contributed by atoms with Gasteiger partial charge in [-0.2, -0.15) is 0 Å². The van der Waals surface area contributed by atoms with E-state index < -0.39 is 0 Å². The summed E-state index contributed by atoms with van der Waals surface area (Å²) in [5, 5.41) is 2.97. The van der Waals surface area contributed by atoms with Gasteiger partial charge in [0.05, 0.1) is 11.6 Å². The van der Waals surface area contributed by atoms with Crippen LogP contribution in [0.15, 0.2) is 38.1 Å². The Balaban J connectivity index is 2.19. The van der Waals surface area contributed by atoms with E-state index in [1.54, 1.807) is 6.07 Å². The molecule has 5 heteroatoms. The van der Waals surface area contributed by atoms with E-state index in [1.165, 1.54) is 0 Å². The molecule has 106 valence electrons. The summed E-state index contributed by atoms with van der Waals surface area (Å²) in [5.74, 6) is 1.54. The molecule has 0 radical (unpaired) electrons. The molecule has 0 fully saturated rings. The number of halogens is 1. The molecule has 0 bridgehead atoms. The molecule has 0 aliphatic heterocycles. The molecule has 3 nitrogen and oxygen atoms in total. The monoisotopic (exact) mass is 353 g/mol. The predicted molar refractivity (Wildman–Crippen MR) is 85.5 cm³/mol. The van der Waals surface area contributed by atoms with Crippen LogP contribution in [0.1, 0.15) is 40.4 Å². The summed E-state index contributed by atoms with van der Waals surface area (Å²) < 4.78 is 6.24. The van der Waals surface area contributed by atoms with E-state index in [1.807, 2.05) is 39.0 Å². The fourth-order valence-electron chi connectivity index (χ4n) is 2.12. The maximum absolute atomic E-state index is 12.3. The average Bonchev–Trinajstić information content (AvgIpc) is 2.71. The van der Waals surface area contributed by atoms with Crippen LogP contribution in [0, 0.1) is 13.8 Å². The van der Waals surface area contributed by atoms with Gasteiger partial charge in [-0.25, -0.2) is 0 Å². The highest BCUT2D eigenvalue weighted by molar-refractivity contribution is 9.10. The standard InChI is InChI=1S/C15H16BrNO2S/c1-8-6-12(10(3)19-8)9(2)17-15(18)13-7-11(20)4-5-14(13)16/h4-7,9,20H,1-3H3,(H,17,18). The molecule has 1 heterocycles. The third kappa shape index (κ3) is 3.27. The second-order valence-electron chi connectivity index (χ2n) is 4.73. The lowest BCUT2D eigenvalue weighted by Gasteiger charge is -2.14. The Kier molecular flexibility index (Phi) is 4.60. The number of carbonyl (C=O) groups is 1. The van der Waals surface area contributed by atoms with Crippen molar-refractivity contribution in [3.63, 3.8) is 0 Å². The van der Waals surface area contributed by atoms with E-state index in [0.29, 0.717) is 5.56 Å². The van der Waals surface area contributed by atoms with Crippen molar-refractivity contribution in [3.05, 3.63) is 51.4 Å². The highest BCUT2D eigenvalue weighted by Gasteiger charge is 2.17. The van der Waals surface area contributed by atoms with Crippen LogP contribution in [0.5, 0.6) is 0 Å². The number of amides is 1. The van der Waals surface area contributed by atoms with Crippen LogP contribution in [-0.4, -0.2) is 5.91 Å². The quantitative estimate of drug-likeness (QED) is 0.801. The second kappa shape index (κ2) is 6.06. The zero-order valence-corrected chi connectivity index (χ0v) is 14.0. The number of nitrogens with one attached hydrogen (secondary N) is 1. The summed E-state index contributed by atoms with van der Waals surface area (Å²) in [6.45, 7) is 5.73. The van der Waals surface area contributed by atoms with Gasteiger partial charge in [0.2, 0.25) is 0 Å². The molecule has 1 aromatic heterocycles. The zero-order chi connectivity index (χ0) is 14.9. The van der Waals surface area contributed by atoms with Crippen LogP contribution in [-0.2, 0) is 0 Å². The SMILES string of the molecule is Cc1cc(C(C)NC(=O)c2cc(S)ccc2Br)c(C)o1. The van der Waals surface area contributed by atoms with Crippen LogP contribution < -0.4 is 5.32 Å². The van der Waals surface area contributed by atoms with Crippen molar-refractivity contribution in [3.8, 4) is 0 Å². The smallest absolute Gasteiger partial charge is 0.252 e. The number of furan rings is 1. The fourth-order valence-corrected chi connectivity index (χ4v) is 2.75. The van der Waals surface area contributed by atoms with Gasteiger partial charge in [0.25, 0.3) is 5.91 Å². The molecule has 1 amide bonds. The van der Waals surface area contributed by atoms with Crippen molar-refractivity contribution in [1.82, 2.24) is 5.32 Å². The fraction of sp³-hybridized carbons (Fsp3) is 0.267. The highest BCUT2D eigenvalue weighted by atomic mass is 79.9. The van der Waals surface area contributed by atoms with Gasteiger partial charge in [-0.05, 0) is 61.0 Å². The summed E-state index contributed by atoms with van der Waals surface area (Å²) in [5.41, 5.74) is 1.57. The summed E-state index contributed by atoms with van der Waals surface area (Å²) in [6, 6.07) is 7.22. The van der Waals surface area contributed by atoms with E-state index >= 15 is 0 Å². The van der Waals surface area contributed by atoms with Gasteiger partial charge in [-0.1, -0.05) is 0 Å². The predicted octanol–water partition coefficient (Wildman–Crippen LogP) is 4.44. The summed E-state index contributed by atoms with van der Waals surface area (Å²) in [7, 11) is 0. The molecule has 20 heavy (non-hydrogen) atoms. The van der Waals surface area contributed by atoms with E-state index in [0.717, 1.165) is 26.5 Å². The molecule has 0 aliphatic rings. The molecule has 1 atom stereocenters. The van der Waals surface area contributed by atoms with Gasteiger partial charge in [0.1, 0.15) is 11.5 Å². The summed E-state index contributed by atoms with van der Waals surface area (Å²) in [4.78, 5) is 13.1. The number of rotatable bonds is 3. The normalized spacial score (nSPS) is 12.2. The molecule has 0 spiro atoms. The third-order valence-electron chi connectivity index (χ3n) is 3.09. The van der Waals surface area contributed by atoms with E-state index in [-0.39, 0.29) is 11.9 Å². The lowest BCUT2D eigenvalue weighted by Crippen LogP contribution is -2.27. The maximum atomic E-state index is 12.3. The van der Waals surface area contributed by atoms with Gasteiger partial charge in [0, 0.05) is 14.9 Å². The molecular weight excluding hydrogens is 338 g/mol. The number of benzene rings is 1. The molecule has 1 N–H and O–H groups in total. The van der Waals surface area contributed by atoms with E-state index in [4.69, 9.17) is 4.42 Å². The Morgan fingerprint density at radius 1 is 1.35 bits per heavy atom. The largest absolute Gasteiger partial charge is 0.466 e. The Morgan fingerprint density at radius 2 is 2.05 bits per heavy atom. The molecule has 0 saturated heterocycles. The third-order valence-corrected chi connectivity index (χ3v) is 4.06.